The van der Waals surface area contributed by atoms with Crippen molar-refractivity contribution in [3.63, 3.8) is 0 Å². The molecule has 1 aromatic rings. The number of hydrogen-bond donors (Lipinski definition) is 3. The Labute approximate surface area is 108 Å². The quantitative estimate of drug-likeness (QED) is 0.570. The van der Waals surface area contributed by atoms with Crippen LogP contribution >= 0.6 is 0 Å². The lowest BCUT2D eigenvalue weighted by Gasteiger charge is -2.22. The van der Waals surface area contributed by atoms with E-state index in [9.17, 15) is 9.59 Å². The van der Waals surface area contributed by atoms with E-state index in [4.69, 9.17) is 9.84 Å². The van der Waals surface area contributed by atoms with Crippen molar-refractivity contribution in [1.29, 1.82) is 0 Å². The van der Waals surface area contributed by atoms with Crippen LogP contribution < -0.4 is 10.6 Å². The van der Waals surface area contributed by atoms with Crippen LogP contribution in [0, 0.1) is 0 Å². The first kappa shape index (κ1) is 13.4. The van der Waals surface area contributed by atoms with Gasteiger partial charge in [-0.2, -0.15) is 0 Å². The maximum atomic E-state index is 11.7. The second-order valence-corrected chi connectivity index (χ2v) is 4.04. The molecular formula is C10H15N5O4. The summed E-state index contributed by atoms with van der Waals surface area (Å²) in [5.74, 6) is -1.27. The first-order valence-corrected chi connectivity index (χ1v) is 5.89. The summed E-state index contributed by atoms with van der Waals surface area (Å²) in [6, 6.07) is -0.334. The third-order valence-electron chi connectivity index (χ3n) is 2.64. The van der Waals surface area contributed by atoms with E-state index in [1.807, 2.05) is 0 Å². The van der Waals surface area contributed by atoms with Gasteiger partial charge in [0.2, 0.25) is 5.91 Å². The molecule has 19 heavy (non-hydrogen) atoms. The number of nitrogens with one attached hydrogen (secondary N) is 2. The molecule has 104 valence electrons. The summed E-state index contributed by atoms with van der Waals surface area (Å²) in [4.78, 5) is 22.3. The van der Waals surface area contributed by atoms with Crippen LogP contribution in [0.1, 0.15) is 10.5 Å². The highest BCUT2D eigenvalue weighted by molar-refractivity contribution is 5.84. The minimum atomic E-state index is -1.13. The van der Waals surface area contributed by atoms with Gasteiger partial charge in [-0.05, 0) is 0 Å². The van der Waals surface area contributed by atoms with Crippen LogP contribution in [0.5, 0.6) is 0 Å². The van der Waals surface area contributed by atoms with Crippen LogP contribution in [0.4, 0.5) is 0 Å². The Balaban J connectivity index is 1.73. The van der Waals surface area contributed by atoms with E-state index in [1.54, 1.807) is 0 Å². The van der Waals surface area contributed by atoms with Crippen molar-refractivity contribution in [1.82, 2.24) is 25.6 Å². The zero-order valence-electron chi connectivity index (χ0n) is 10.2. The summed E-state index contributed by atoms with van der Waals surface area (Å²) in [6.45, 7) is 2.33. The molecule has 2 heterocycles. The molecule has 1 amide bonds. The summed E-state index contributed by atoms with van der Waals surface area (Å²) in [5.41, 5.74) is -0.117. The zero-order chi connectivity index (χ0) is 13.7. The highest BCUT2D eigenvalue weighted by atomic mass is 16.5. The molecule has 0 bridgehead atoms. The summed E-state index contributed by atoms with van der Waals surface area (Å²) < 4.78 is 6.55. The third-order valence-corrected chi connectivity index (χ3v) is 2.64. The van der Waals surface area contributed by atoms with Gasteiger partial charge >= 0.3 is 5.97 Å². The number of rotatable bonds is 5. The molecule has 1 saturated heterocycles. The van der Waals surface area contributed by atoms with Crippen molar-refractivity contribution in [2.75, 3.05) is 26.3 Å². The van der Waals surface area contributed by atoms with Crippen LogP contribution in [-0.4, -0.2) is 64.3 Å². The minimum Gasteiger partial charge on any atom is -0.476 e. The molecule has 1 atom stereocenters. The lowest BCUT2D eigenvalue weighted by Crippen LogP contribution is -2.51. The minimum absolute atomic E-state index is 0.117. The number of hydrogen-bond acceptors (Lipinski definition) is 6. The fourth-order valence-electron chi connectivity index (χ4n) is 1.66. The molecule has 9 heteroatoms. The van der Waals surface area contributed by atoms with Crippen molar-refractivity contribution in [3.05, 3.63) is 11.9 Å². The van der Waals surface area contributed by atoms with Crippen LogP contribution in [0.25, 0.3) is 0 Å². The molecule has 1 aromatic heterocycles. The van der Waals surface area contributed by atoms with Gasteiger partial charge in [0.15, 0.2) is 5.69 Å². The topological polar surface area (TPSA) is 118 Å². The second-order valence-electron chi connectivity index (χ2n) is 4.04. The molecule has 1 aliphatic heterocycles. The van der Waals surface area contributed by atoms with Crippen molar-refractivity contribution >= 4 is 11.9 Å². The molecule has 2 rings (SSSR count). The summed E-state index contributed by atoms with van der Waals surface area (Å²) >= 11 is 0. The zero-order valence-corrected chi connectivity index (χ0v) is 10.2. The van der Waals surface area contributed by atoms with Crippen molar-refractivity contribution in [2.45, 2.75) is 12.6 Å². The van der Waals surface area contributed by atoms with Crippen LogP contribution in [0.15, 0.2) is 6.20 Å². The molecule has 1 fully saturated rings. The number of amides is 1. The number of carbonyl (C=O) groups is 2. The summed E-state index contributed by atoms with van der Waals surface area (Å²) in [6.07, 6.45) is 1.32. The van der Waals surface area contributed by atoms with E-state index in [1.165, 1.54) is 10.9 Å². The number of carboxylic acid groups (broad SMARTS) is 1. The Bertz CT molecular complexity index is 455. The van der Waals surface area contributed by atoms with Crippen molar-refractivity contribution in [3.8, 4) is 0 Å². The van der Waals surface area contributed by atoms with Gasteiger partial charge in [-0.25, -0.2) is 9.48 Å². The maximum absolute atomic E-state index is 11.7. The molecule has 1 aliphatic rings. The Morgan fingerprint density at radius 2 is 2.47 bits per heavy atom. The van der Waals surface area contributed by atoms with E-state index in [0.29, 0.717) is 32.8 Å². The van der Waals surface area contributed by atoms with E-state index in [2.05, 4.69) is 20.9 Å². The van der Waals surface area contributed by atoms with E-state index >= 15 is 0 Å². The number of ether oxygens (including phenoxy) is 1. The Kier molecular flexibility index (Phi) is 4.42. The normalized spacial score (nSPS) is 19.1. The van der Waals surface area contributed by atoms with Gasteiger partial charge in [0, 0.05) is 13.1 Å². The lowest BCUT2D eigenvalue weighted by molar-refractivity contribution is -0.125. The first-order valence-electron chi connectivity index (χ1n) is 5.89. The predicted octanol–water partition coefficient (Wildman–Crippen LogP) is -1.92. The standard InChI is InChI=1S/C10H15N5O4/c16-9(8-6-19-4-2-11-8)12-1-3-15-5-7(10(17)18)13-14-15/h5,8,11H,1-4,6H2,(H,12,16)(H,17,18). The van der Waals surface area contributed by atoms with Gasteiger partial charge < -0.3 is 20.5 Å². The predicted molar refractivity (Wildman–Crippen MR) is 62.6 cm³/mol. The van der Waals surface area contributed by atoms with Gasteiger partial charge in [0.05, 0.1) is 26.0 Å². The number of morpholine rings is 1. The molecule has 0 radical (unpaired) electrons. The third kappa shape index (κ3) is 3.73. The molecule has 1 unspecified atom stereocenters. The van der Waals surface area contributed by atoms with E-state index < -0.39 is 5.97 Å². The average molecular weight is 269 g/mol. The summed E-state index contributed by atoms with van der Waals surface area (Å²) in [5, 5.41) is 21.5. The SMILES string of the molecule is O=C(O)c1cn(CCNC(=O)C2COCCN2)nn1. The highest BCUT2D eigenvalue weighted by Crippen LogP contribution is 1.94. The van der Waals surface area contributed by atoms with Gasteiger partial charge in [-0.1, -0.05) is 5.21 Å². The monoisotopic (exact) mass is 269 g/mol. The molecule has 9 nitrogen and oxygen atoms in total. The molecular weight excluding hydrogens is 254 g/mol. The molecule has 0 aliphatic carbocycles. The van der Waals surface area contributed by atoms with Gasteiger partial charge in [0.1, 0.15) is 6.04 Å². The average Bonchev–Trinajstić information content (AvgIpc) is 2.89. The molecule has 0 saturated carbocycles. The van der Waals surface area contributed by atoms with Crippen molar-refractivity contribution in [2.24, 2.45) is 0 Å². The fourth-order valence-corrected chi connectivity index (χ4v) is 1.66. The van der Waals surface area contributed by atoms with Gasteiger partial charge in [-0.15, -0.1) is 5.10 Å². The second kappa shape index (κ2) is 6.25. The molecule has 0 aromatic carbocycles. The fraction of sp³-hybridized carbons (Fsp3) is 0.600. The Morgan fingerprint density at radius 1 is 1.63 bits per heavy atom. The number of carbonyl (C=O) groups excluding carboxylic acids is 1. The number of aromatic carboxylic acids is 1. The first-order chi connectivity index (χ1) is 9.16. The van der Waals surface area contributed by atoms with Crippen LogP contribution in [0.3, 0.4) is 0 Å². The Hall–Kier alpha value is -2.00. The lowest BCUT2D eigenvalue weighted by atomic mass is 10.2. The van der Waals surface area contributed by atoms with Crippen LogP contribution in [-0.2, 0) is 16.1 Å². The summed E-state index contributed by atoms with van der Waals surface area (Å²) in [7, 11) is 0. The molecule has 0 spiro atoms. The van der Waals surface area contributed by atoms with E-state index in [0.717, 1.165) is 0 Å². The molecule has 3 N–H and O–H groups in total. The number of carboxylic acids is 1. The van der Waals surface area contributed by atoms with Crippen LogP contribution in [0.2, 0.25) is 0 Å². The van der Waals surface area contributed by atoms with Gasteiger partial charge in [0.25, 0.3) is 0 Å². The maximum Gasteiger partial charge on any atom is 0.358 e. The highest BCUT2D eigenvalue weighted by Gasteiger charge is 2.20. The van der Waals surface area contributed by atoms with Gasteiger partial charge in [-0.3, -0.25) is 4.79 Å². The van der Waals surface area contributed by atoms with E-state index in [-0.39, 0.29) is 17.6 Å². The largest absolute Gasteiger partial charge is 0.476 e. The smallest absolute Gasteiger partial charge is 0.358 e. The van der Waals surface area contributed by atoms with Crippen molar-refractivity contribution < 1.29 is 19.4 Å². The number of aromatic nitrogens is 3. The Morgan fingerprint density at radius 3 is 3.11 bits per heavy atom. The number of nitrogens with zero attached hydrogens (tertiary/aromatic N) is 3.